The molecule has 0 saturated heterocycles. The van der Waals surface area contributed by atoms with Gasteiger partial charge < -0.3 is 19.8 Å². The van der Waals surface area contributed by atoms with Crippen molar-refractivity contribution < 1.29 is 13.9 Å². The lowest BCUT2D eigenvalue weighted by Crippen LogP contribution is -2.59. The van der Waals surface area contributed by atoms with E-state index in [-0.39, 0.29) is 34.1 Å². The van der Waals surface area contributed by atoms with Crippen LogP contribution in [0.5, 0.6) is 5.75 Å². The minimum atomic E-state index is -1.70. The first-order valence-electron chi connectivity index (χ1n) is 12.8. The summed E-state index contributed by atoms with van der Waals surface area (Å²) >= 11 is 0. The van der Waals surface area contributed by atoms with Crippen molar-refractivity contribution in [3.63, 3.8) is 0 Å². The number of hydrogen-bond acceptors (Lipinski definition) is 6. The largest absolute Gasteiger partial charge is 0.440 e. The SMILES string of the molecule is Cc1cc2c3c(c1)[C@]1(C(=O)N3C3(CCCCCC3)CC2(C)C)C(C#N)=C(N)Oc2cc(C)oc(=O)c21. The van der Waals surface area contributed by atoms with E-state index in [9.17, 15) is 10.1 Å². The molecule has 0 bridgehead atoms. The Kier molecular flexibility index (Phi) is 4.61. The molecule has 2 N–H and O–H groups in total. The van der Waals surface area contributed by atoms with Crippen LogP contribution in [0.1, 0.15) is 86.8 Å². The average molecular weight is 486 g/mol. The van der Waals surface area contributed by atoms with E-state index in [0.29, 0.717) is 11.3 Å². The Bertz CT molecular complexity index is 1470. The van der Waals surface area contributed by atoms with Crippen molar-refractivity contribution in [2.75, 3.05) is 4.90 Å². The van der Waals surface area contributed by atoms with Gasteiger partial charge in [-0.3, -0.25) is 4.79 Å². The number of rotatable bonds is 0. The number of ether oxygens (including phenoxy) is 1. The Morgan fingerprint density at radius 1 is 1.03 bits per heavy atom. The van der Waals surface area contributed by atoms with Crippen LogP contribution in [0.3, 0.4) is 0 Å². The van der Waals surface area contributed by atoms with Crippen LogP contribution in [-0.2, 0) is 15.6 Å². The maximum absolute atomic E-state index is 15.0. The van der Waals surface area contributed by atoms with Crippen molar-refractivity contribution >= 4 is 11.6 Å². The standard InChI is InChI=1S/C29H31N3O4/c1-16-11-18-23-19(12-16)29(20(14-30)24(31)36-21-13-17(2)35-25(33)22(21)29)26(34)32(23)28(15-27(18,3)4)9-7-5-6-8-10-28/h11-13H,5-10,15,31H2,1-4H3/t29-/m0/s1. The molecule has 2 spiro atoms. The highest BCUT2D eigenvalue weighted by Gasteiger charge is 2.66. The monoisotopic (exact) mass is 485 g/mol. The molecule has 186 valence electrons. The Balaban J connectivity index is 1.79. The third-order valence-corrected chi connectivity index (χ3v) is 8.78. The maximum atomic E-state index is 15.0. The highest BCUT2D eigenvalue weighted by Crippen LogP contribution is 2.63. The van der Waals surface area contributed by atoms with Gasteiger partial charge in [-0.1, -0.05) is 57.2 Å². The second kappa shape index (κ2) is 7.25. The van der Waals surface area contributed by atoms with Crippen LogP contribution < -0.4 is 21.0 Å². The fourth-order valence-electron chi connectivity index (χ4n) is 7.55. The minimum Gasteiger partial charge on any atom is -0.440 e. The lowest BCUT2D eigenvalue weighted by atomic mass is 9.65. The summed E-state index contributed by atoms with van der Waals surface area (Å²) in [5.41, 5.74) is 6.88. The molecule has 0 unspecified atom stereocenters. The molecule has 2 aromatic rings. The molecular weight excluding hydrogens is 454 g/mol. The van der Waals surface area contributed by atoms with Gasteiger partial charge in [-0.15, -0.1) is 0 Å². The summed E-state index contributed by atoms with van der Waals surface area (Å²) in [6.45, 7) is 8.12. The van der Waals surface area contributed by atoms with Gasteiger partial charge in [-0.05, 0) is 44.1 Å². The van der Waals surface area contributed by atoms with Gasteiger partial charge in [0.2, 0.25) is 11.8 Å². The number of aryl methyl sites for hydroxylation is 2. The van der Waals surface area contributed by atoms with Crippen LogP contribution in [0, 0.1) is 25.2 Å². The van der Waals surface area contributed by atoms with Crippen LogP contribution in [0.25, 0.3) is 0 Å². The number of nitrogens with two attached hydrogens (primary N) is 1. The zero-order chi connectivity index (χ0) is 25.6. The quantitative estimate of drug-likeness (QED) is 0.577. The first-order valence-corrected chi connectivity index (χ1v) is 12.8. The Morgan fingerprint density at radius 2 is 1.69 bits per heavy atom. The van der Waals surface area contributed by atoms with Crippen LogP contribution >= 0.6 is 0 Å². The van der Waals surface area contributed by atoms with E-state index in [2.05, 4.69) is 26.0 Å². The van der Waals surface area contributed by atoms with Crippen molar-refractivity contribution in [3.8, 4) is 11.8 Å². The molecule has 1 fully saturated rings. The molecular formula is C29H31N3O4. The molecule has 1 saturated carbocycles. The maximum Gasteiger partial charge on any atom is 0.344 e. The molecule has 1 atom stereocenters. The molecule has 7 heteroatoms. The minimum absolute atomic E-state index is 0.0417. The summed E-state index contributed by atoms with van der Waals surface area (Å²) in [5, 5.41) is 10.4. The third kappa shape index (κ3) is 2.67. The molecule has 0 radical (unpaired) electrons. The molecule has 1 amide bonds. The van der Waals surface area contributed by atoms with Crippen molar-refractivity contribution in [1.82, 2.24) is 0 Å². The first-order chi connectivity index (χ1) is 17.1. The summed E-state index contributed by atoms with van der Waals surface area (Å²) in [6.07, 6.45) is 6.94. The highest BCUT2D eigenvalue weighted by atomic mass is 16.5. The summed E-state index contributed by atoms with van der Waals surface area (Å²) in [4.78, 5) is 30.5. The molecule has 36 heavy (non-hydrogen) atoms. The number of amides is 1. The summed E-state index contributed by atoms with van der Waals surface area (Å²) < 4.78 is 11.3. The van der Waals surface area contributed by atoms with Gasteiger partial charge in [-0.2, -0.15) is 5.26 Å². The molecule has 3 aliphatic heterocycles. The third-order valence-electron chi connectivity index (χ3n) is 8.78. The number of nitriles is 1. The van der Waals surface area contributed by atoms with Crippen LogP contribution in [0.4, 0.5) is 5.69 Å². The van der Waals surface area contributed by atoms with Gasteiger partial charge in [0.15, 0.2) is 5.41 Å². The Hall–Kier alpha value is -3.53. The van der Waals surface area contributed by atoms with E-state index < -0.39 is 16.6 Å². The lowest BCUT2D eigenvalue weighted by Gasteiger charge is -2.52. The van der Waals surface area contributed by atoms with Gasteiger partial charge >= 0.3 is 5.63 Å². The zero-order valence-corrected chi connectivity index (χ0v) is 21.3. The smallest absolute Gasteiger partial charge is 0.344 e. The van der Waals surface area contributed by atoms with Crippen molar-refractivity contribution in [1.29, 1.82) is 5.26 Å². The first kappa shape index (κ1) is 22.9. The number of nitrogens with zero attached hydrogens (tertiary/aromatic N) is 2. The summed E-state index contributed by atoms with van der Waals surface area (Å²) in [5.74, 6) is 0.0905. The van der Waals surface area contributed by atoms with E-state index in [1.807, 2.05) is 17.9 Å². The van der Waals surface area contributed by atoms with Gasteiger partial charge in [-0.25, -0.2) is 4.79 Å². The number of fused-ring (bicyclic) bond motifs is 4. The Morgan fingerprint density at radius 3 is 2.36 bits per heavy atom. The zero-order valence-electron chi connectivity index (χ0n) is 21.3. The second-order valence-electron chi connectivity index (χ2n) is 11.6. The van der Waals surface area contributed by atoms with E-state index in [1.54, 1.807) is 13.0 Å². The number of hydrogen-bond donors (Lipinski definition) is 1. The highest BCUT2D eigenvalue weighted by molar-refractivity contribution is 6.16. The normalized spacial score (nSPS) is 25.3. The predicted octanol–water partition coefficient (Wildman–Crippen LogP) is 4.75. The van der Waals surface area contributed by atoms with E-state index >= 15 is 4.79 Å². The Labute approximate surface area is 210 Å². The number of carbonyl (C=O) groups is 1. The lowest BCUT2D eigenvalue weighted by molar-refractivity contribution is -0.122. The second-order valence-corrected chi connectivity index (χ2v) is 11.6. The number of carbonyl (C=O) groups excluding carboxylic acids is 1. The van der Waals surface area contributed by atoms with E-state index in [4.69, 9.17) is 14.9 Å². The van der Waals surface area contributed by atoms with E-state index in [1.165, 1.54) is 0 Å². The predicted molar refractivity (Wildman–Crippen MR) is 135 cm³/mol. The fraction of sp³-hybridized carbons (Fsp3) is 0.483. The van der Waals surface area contributed by atoms with Gasteiger partial charge in [0.1, 0.15) is 28.7 Å². The van der Waals surface area contributed by atoms with Gasteiger partial charge in [0.25, 0.3) is 0 Å². The van der Waals surface area contributed by atoms with Crippen molar-refractivity contribution in [3.05, 3.63) is 68.1 Å². The van der Waals surface area contributed by atoms with Gasteiger partial charge in [0.05, 0.1) is 5.69 Å². The molecule has 7 nitrogen and oxygen atoms in total. The van der Waals surface area contributed by atoms with E-state index in [0.717, 1.165) is 61.8 Å². The molecule has 4 heterocycles. The average Bonchev–Trinajstić information content (AvgIpc) is 2.91. The molecule has 1 aromatic carbocycles. The van der Waals surface area contributed by atoms with Crippen LogP contribution in [-0.4, -0.2) is 11.4 Å². The molecule has 1 aromatic heterocycles. The van der Waals surface area contributed by atoms with Crippen LogP contribution in [0.2, 0.25) is 0 Å². The van der Waals surface area contributed by atoms with Gasteiger partial charge in [0, 0.05) is 17.2 Å². The summed E-state index contributed by atoms with van der Waals surface area (Å²) in [7, 11) is 0. The summed E-state index contributed by atoms with van der Waals surface area (Å²) in [6, 6.07) is 7.85. The number of benzene rings is 1. The van der Waals surface area contributed by atoms with Crippen LogP contribution in [0.15, 0.2) is 38.9 Å². The molecule has 1 aliphatic carbocycles. The molecule has 6 rings (SSSR count). The van der Waals surface area contributed by atoms with Crippen molar-refractivity contribution in [2.45, 2.75) is 89.0 Å². The molecule has 4 aliphatic rings. The fourth-order valence-corrected chi connectivity index (χ4v) is 7.55. The number of anilines is 1. The van der Waals surface area contributed by atoms with Crippen molar-refractivity contribution in [2.24, 2.45) is 5.73 Å². The topological polar surface area (TPSA) is 110 Å².